The molecule has 4 rings (SSSR count). The smallest absolute Gasteiger partial charge is 0.178 e. The highest BCUT2D eigenvalue weighted by Gasteiger charge is 2.18. The minimum atomic E-state index is 0.726. The second-order valence-corrected chi connectivity index (χ2v) is 5.50. The van der Waals surface area contributed by atoms with Crippen LogP contribution in [0.1, 0.15) is 22.5 Å². The maximum atomic E-state index is 4.73. The van der Waals surface area contributed by atoms with Crippen molar-refractivity contribution in [1.82, 2.24) is 20.3 Å². The van der Waals surface area contributed by atoms with Gasteiger partial charge in [0, 0.05) is 29.7 Å². The van der Waals surface area contributed by atoms with Crippen LogP contribution in [-0.4, -0.2) is 15.0 Å². The van der Waals surface area contributed by atoms with Crippen LogP contribution in [0.4, 0.5) is 0 Å². The predicted octanol–water partition coefficient (Wildman–Crippen LogP) is 2.91. The van der Waals surface area contributed by atoms with Gasteiger partial charge in [-0.2, -0.15) is 0 Å². The zero-order valence-electron chi connectivity index (χ0n) is 12.1. The Balaban J connectivity index is 1.93. The number of fused-ring (bicyclic) bond motifs is 2. The zero-order chi connectivity index (χ0) is 14.4. The van der Waals surface area contributed by atoms with Crippen LogP contribution in [0.15, 0.2) is 30.3 Å². The number of aromatic nitrogens is 3. The first-order valence-electron chi connectivity index (χ1n) is 7.16. The SMILES string of the molecule is Cc1nc(-c2cc(C)c3ccccc3n2)nc2c1CNC2. The van der Waals surface area contributed by atoms with Gasteiger partial charge in [0.05, 0.1) is 11.2 Å². The van der Waals surface area contributed by atoms with E-state index in [4.69, 9.17) is 9.97 Å². The van der Waals surface area contributed by atoms with Crippen LogP contribution in [0.5, 0.6) is 0 Å². The summed E-state index contributed by atoms with van der Waals surface area (Å²) in [5.74, 6) is 0.726. The standard InChI is InChI=1S/C17H16N4/c1-10-7-15(20-14-6-4-3-5-12(10)14)17-19-11(2)13-8-18-9-16(13)21-17/h3-7,18H,8-9H2,1-2H3. The molecule has 1 aliphatic rings. The Kier molecular flexibility index (Phi) is 2.72. The van der Waals surface area contributed by atoms with E-state index in [1.807, 2.05) is 25.1 Å². The van der Waals surface area contributed by atoms with Gasteiger partial charge in [-0.25, -0.2) is 15.0 Å². The lowest BCUT2D eigenvalue weighted by Gasteiger charge is -2.08. The Morgan fingerprint density at radius 2 is 1.86 bits per heavy atom. The minimum absolute atomic E-state index is 0.726. The number of hydrogen-bond donors (Lipinski definition) is 1. The summed E-state index contributed by atoms with van der Waals surface area (Å²) < 4.78 is 0. The Labute approximate surface area is 123 Å². The normalized spacial score (nSPS) is 13.6. The Bertz CT molecular complexity index is 855. The Hall–Kier alpha value is -2.33. The largest absolute Gasteiger partial charge is 0.307 e. The van der Waals surface area contributed by atoms with Crippen molar-refractivity contribution in [2.24, 2.45) is 0 Å². The lowest BCUT2D eigenvalue weighted by Crippen LogP contribution is -2.01. The quantitative estimate of drug-likeness (QED) is 0.742. The van der Waals surface area contributed by atoms with Gasteiger partial charge in [-0.3, -0.25) is 0 Å². The molecule has 0 fully saturated rings. The molecule has 0 atom stereocenters. The maximum absolute atomic E-state index is 4.73. The number of aryl methyl sites for hydroxylation is 2. The van der Waals surface area contributed by atoms with E-state index in [0.29, 0.717) is 0 Å². The molecule has 1 N–H and O–H groups in total. The number of hydrogen-bond acceptors (Lipinski definition) is 4. The summed E-state index contributed by atoms with van der Waals surface area (Å²) in [7, 11) is 0. The van der Waals surface area contributed by atoms with Gasteiger partial charge in [0.15, 0.2) is 5.82 Å². The van der Waals surface area contributed by atoms with Gasteiger partial charge in [0.25, 0.3) is 0 Å². The first-order valence-corrected chi connectivity index (χ1v) is 7.16. The molecule has 1 aliphatic heterocycles. The van der Waals surface area contributed by atoms with Crippen LogP contribution < -0.4 is 5.32 Å². The monoisotopic (exact) mass is 276 g/mol. The molecule has 3 aromatic rings. The summed E-state index contributed by atoms with van der Waals surface area (Å²) in [6.45, 7) is 5.84. The molecule has 0 radical (unpaired) electrons. The summed E-state index contributed by atoms with van der Waals surface area (Å²) in [4.78, 5) is 14.1. The number of pyridine rings is 1. The molecule has 4 heteroatoms. The second-order valence-electron chi connectivity index (χ2n) is 5.50. The highest BCUT2D eigenvalue weighted by molar-refractivity contribution is 5.84. The number of nitrogens with one attached hydrogen (secondary N) is 1. The molecule has 3 heterocycles. The molecule has 0 bridgehead atoms. The average Bonchev–Trinajstić information content (AvgIpc) is 2.96. The van der Waals surface area contributed by atoms with Crippen molar-refractivity contribution in [3.05, 3.63) is 52.8 Å². The Morgan fingerprint density at radius 1 is 1.00 bits per heavy atom. The van der Waals surface area contributed by atoms with Crippen molar-refractivity contribution < 1.29 is 0 Å². The minimum Gasteiger partial charge on any atom is -0.307 e. The molecule has 0 saturated heterocycles. The summed E-state index contributed by atoms with van der Waals surface area (Å²) in [5, 5.41) is 4.51. The third-order valence-electron chi connectivity index (χ3n) is 4.05. The topological polar surface area (TPSA) is 50.7 Å². The van der Waals surface area contributed by atoms with Gasteiger partial charge in [-0.15, -0.1) is 0 Å². The van der Waals surface area contributed by atoms with E-state index in [1.165, 1.54) is 16.5 Å². The van der Waals surface area contributed by atoms with Crippen molar-refractivity contribution in [2.75, 3.05) is 0 Å². The molecular weight excluding hydrogens is 260 g/mol. The van der Waals surface area contributed by atoms with Crippen molar-refractivity contribution in [2.45, 2.75) is 26.9 Å². The molecule has 0 spiro atoms. The van der Waals surface area contributed by atoms with Gasteiger partial charge >= 0.3 is 0 Å². The summed E-state index contributed by atoms with van der Waals surface area (Å²) in [6, 6.07) is 10.3. The molecule has 0 aliphatic carbocycles. The molecule has 104 valence electrons. The van der Waals surface area contributed by atoms with E-state index >= 15 is 0 Å². The third-order valence-corrected chi connectivity index (χ3v) is 4.05. The van der Waals surface area contributed by atoms with Gasteiger partial charge in [-0.05, 0) is 31.5 Å². The van der Waals surface area contributed by atoms with Crippen LogP contribution in [0.3, 0.4) is 0 Å². The first kappa shape index (κ1) is 12.4. The van der Waals surface area contributed by atoms with Gasteiger partial charge in [0.1, 0.15) is 5.69 Å². The second kappa shape index (κ2) is 4.60. The molecule has 21 heavy (non-hydrogen) atoms. The van der Waals surface area contributed by atoms with Gasteiger partial charge in [0.2, 0.25) is 0 Å². The van der Waals surface area contributed by atoms with Crippen molar-refractivity contribution in [1.29, 1.82) is 0 Å². The molecule has 0 saturated carbocycles. The van der Waals surface area contributed by atoms with Crippen LogP contribution in [0.25, 0.3) is 22.4 Å². The number of para-hydroxylation sites is 1. The van der Waals surface area contributed by atoms with Gasteiger partial charge in [-0.1, -0.05) is 18.2 Å². The van der Waals surface area contributed by atoms with E-state index in [-0.39, 0.29) is 0 Å². The van der Waals surface area contributed by atoms with Gasteiger partial charge < -0.3 is 5.32 Å². The number of rotatable bonds is 1. The third kappa shape index (κ3) is 1.99. The summed E-state index contributed by atoms with van der Waals surface area (Å²) >= 11 is 0. The fraction of sp³-hybridized carbons (Fsp3) is 0.235. The maximum Gasteiger partial charge on any atom is 0.178 e. The molecule has 0 unspecified atom stereocenters. The lowest BCUT2D eigenvalue weighted by molar-refractivity contribution is 0.757. The van der Waals surface area contributed by atoms with Crippen LogP contribution in [-0.2, 0) is 13.1 Å². The average molecular weight is 276 g/mol. The fourth-order valence-electron chi connectivity index (χ4n) is 2.92. The molecular formula is C17H16N4. The summed E-state index contributed by atoms with van der Waals surface area (Å²) in [6.07, 6.45) is 0. The van der Waals surface area contributed by atoms with Crippen LogP contribution in [0.2, 0.25) is 0 Å². The summed E-state index contributed by atoms with van der Waals surface area (Å²) in [5.41, 5.74) is 6.43. The highest BCUT2D eigenvalue weighted by atomic mass is 15.0. The Morgan fingerprint density at radius 3 is 2.76 bits per heavy atom. The van der Waals surface area contributed by atoms with Crippen molar-refractivity contribution in [3.8, 4) is 11.5 Å². The van der Waals surface area contributed by atoms with E-state index in [0.717, 1.165) is 41.5 Å². The van der Waals surface area contributed by atoms with E-state index in [2.05, 4.69) is 29.4 Å². The van der Waals surface area contributed by atoms with E-state index in [9.17, 15) is 0 Å². The van der Waals surface area contributed by atoms with E-state index in [1.54, 1.807) is 0 Å². The van der Waals surface area contributed by atoms with Crippen molar-refractivity contribution >= 4 is 10.9 Å². The number of benzene rings is 1. The number of nitrogens with zero attached hydrogens (tertiary/aromatic N) is 3. The molecule has 2 aromatic heterocycles. The fourth-order valence-corrected chi connectivity index (χ4v) is 2.92. The lowest BCUT2D eigenvalue weighted by atomic mass is 10.1. The first-order chi connectivity index (χ1) is 10.2. The van der Waals surface area contributed by atoms with Crippen LogP contribution in [0, 0.1) is 13.8 Å². The highest BCUT2D eigenvalue weighted by Crippen LogP contribution is 2.24. The predicted molar refractivity (Wildman–Crippen MR) is 82.8 cm³/mol. The zero-order valence-corrected chi connectivity index (χ0v) is 12.1. The molecule has 0 amide bonds. The van der Waals surface area contributed by atoms with Crippen LogP contribution >= 0.6 is 0 Å². The molecule has 4 nitrogen and oxygen atoms in total. The molecule has 1 aromatic carbocycles. The van der Waals surface area contributed by atoms with Crippen molar-refractivity contribution in [3.63, 3.8) is 0 Å². The van der Waals surface area contributed by atoms with E-state index < -0.39 is 0 Å².